The maximum atomic E-state index is 13.2. The molecule has 27 heavy (non-hydrogen) atoms. The zero-order chi connectivity index (χ0) is 19.9. The summed E-state index contributed by atoms with van der Waals surface area (Å²) in [6.45, 7) is 9.94. The Morgan fingerprint density at radius 3 is 2.63 bits per heavy atom. The van der Waals surface area contributed by atoms with Crippen LogP contribution < -0.4 is 4.90 Å². The van der Waals surface area contributed by atoms with E-state index in [1.807, 2.05) is 35.7 Å². The van der Waals surface area contributed by atoms with E-state index in [-0.39, 0.29) is 17.2 Å². The van der Waals surface area contributed by atoms with E-state index in [1.165, 1.54) is 11.8 Å². The van der Waals surface area contributed by atoms with Gasteiger partial charge in [0.1, 0.15) is 0 Å². The smallest absolute Gasteiger partial charge is 0.237 e. The Morgan fingerprint density at radius 1 is 1.33 bits per heavy atom. The molecule has 0 aliphatic carbocycles. The van der Waals surface area contributed by atoms with Gasteiger partial charge in [-0.05, 0) is 57.2 Å². The van der Waals surface area contributed by atoms with Gasteiger partial charge in [-0.25, -0.2) is 4.98 Å². The predicted octanol–water partition coefficient (Wildman–Crippen LogP) is 4.34. The molecule has 1 atom stereocenters. The molecule has 1 aliphatic heterocycles. The second-order valence-electron chi connectivity index (χ2n) is 8.04. The minimum absolute atomic E-state index is 0.0288. The van der Waals surface area contributed by atoms with Crippen molar-refractivity contribution in [2.24, 2.45) is 7.05 Å². The van der Waals surface area contributed by atoms with Crippen molar-refractivity contribution in [2.75, 3.05) is 10.7 Å². The van der Waals surface area contributed by atoms with E-state index in [0.717, 1.165) is 28.4 Å². The molecule has 0 bridgehead atoms. The average molecular weight is 386 g/mol. The van der Waals surface area contributed by atoms with Crippen LogP contribution in [0.2, 0.25) is 0 Å². The third-order valence-electron chi connectivity index (χ3n) is 5.29. The van der Waals surface area contributed by atoms with E-state index >= 15 is 0 Å². The molecular formula is C21H27N3O2S. The van der Waals surface area contributed by atoms with Crippen LogP contribution in [0.1, 0.15) is 61.5 Å². The van der Waals surface area contributed by atoms with Crippen LogP contribution >= 0.6 is 11.8 Å². The van der Waals surface area contributed by atoms with Gasteiger partial charge in [-0.15, -0.1) is 0 Å². The summed E-state index contributed by atoms with van der Waals surface area (Å²) < 4.78 is 1.91. The normalized spacial score (nSPS) is 18.3. The lowest BCUT2D eigenvalue weighted by Gasteiger charge is -2.46. The topological polar surface area (TPSA) is 55.2 Å². The number of hydrogen-bond donors (Lipinski definition) is 0. The molecule has 0 saturated carbocycles. The van der Waals surface area contributed by atoms with Crippen LogP contribution in [0.4, 0.5) is 5.69 Å². The fourth-order valence-corrected chi connectivity index (χ4v) is 4.90. The third-order valence-corrected chi connectivity index (χ3v) is 6.33. The first-order chi connectivity index (χ1) is 12.6. The molecule has 6 heteroatoms. The minimum Gasteiger partial charge on any atom is -0.329 e. The molecule has 2 heterocycles. The molecule has 0 saturated heterocycles. The van der Waals surface area contributed by atoms with Crippen molar-refractivity contribution >= 4 is 29.1 Å². The highest BCUT2D eigenvalue weighted by molar-refractivity contribution is 7.99. The van der Waals surface area contributed by atoms with Crippen LogP contribution in [0.5, 0.6) is 0 Å². The number of nitrogens with zero attached hydrogens (tertiary/aromatic N) is 3. The summed E-state index contributed by atoms with van der Waals surface area (Å²) in [4.78, 5) is 31.5. The maximum Gasteiger partial charge on any atom is 0.237 e. The van der Waals surface area contributed by atoms with Crippen molar-refractivity contribution in [1.29, 1.82) is 0 Å². The van der Waals surface area contributed by atoms with Gasteiger partial charge in [0, 0.05) is 36.2 Å². The Bertz CT molecular complexity index is 901. The summed E-state index contributed by atoms with van der Waals surface area (Å²) in [5, 5.41) is 0.820. The van der Waals surface area contributed by atoms with Gasteiger partial charge in [0.15, 0.2) is 10.9 Å². The summed E-state index contributed by atoms with van der Waals surface area (Å²) in [7, 11) is 1.92. The fraction of sp³-hybridized carbons (Fsp3) is 0.476. The quantitative estimate of drug-likeness (QED) is 0.580. The minimum atomic E-state index is -0.311. The molecule has 1 aliphatic rings. The fourth-order valence-electron chi connectivity index (χ4n) is 4.12. The van der Waals surface area contributed by atoms with Crippen molar-refractivity contribution in [2.45, 2.75) is 57.7 Å². The van der Waals surface area contributed by atoms with Gasteiger partial charge < -0.3 is 9.47 Å². The largest absolute Gasteiger partial charge is 0.329 e. The number of rotatable bonds is 4. The number of carbonyl (C=O) groups is 2. The van der Waals surface area contributed by atoms with E-state index in [2.05, 4.69) is 31.8 Å². The molecule has 2 aromatic rings. The number of aromatic nitrogens is 2. The third kappa shape index (κ3) is 3.68. The van der Waals surface area contributed by atoms with Gasteiger partial charge in [0.05, 0.1) is 5.75 Å². The highest BCUT2D eigenvalue weighted by atomic mass is 32.2. The van der Waals surface area contributed by atoms with E-state index in [9.17, 15) is 9.59 Å². The van der Waals surface area contributed by atoms with Crippen molar-refractivity contribution in [3.63, 3.8) is 0 Å². The standard InChI is InChI=1S/C21H27N3O2S/c1-13-9-17-14(2)11-21(4,5)24(18(17)10-16(13)15(3)25)19(26)12-27-20-22-7-8-23(20)6/h7-10,14H,11-12H2,1-6H3. The highest BCUT2D eigenvalue weighted by Crippen LogP contribution is 2.44. The Kier molecular flexibility index (Phi) is 5.21. The van der Waals surface area contributed by atoms with Crippen LogP contribution in [0, 0.1) is 6.92 Å². The first-order valence-corrected chi connectivity index (χ1v) is 10.2. The molecule has 1 aromatic carbocycles. The molecule has 0 spiro atoms. The van der Waals surface area contributed by atoms with Gasteiger partial charge in [-0.3, -0.25) is 9.59 Å². The first kappa shape index (κ1) is 19.7. The van der Waals surface area contributed by atoms with E-state index in [0.29, 0.717) is 17.2 Å². The SMILES string of the molecule is CC(=O)c1cc2c(cc1C)C(C)CC(C)(C)N2C(=O)CSc1nccn1C. The summed E-state index contributed by atoms with van der Waals surface area (Å²) in [6.07, 6.45) is 4.49. The number of imidazole rings is 1. The van der Waals surface area contributed by atoms with Crippen LogP contribution in [0.15, 0.2) is 29.7 Å². The van der Waals surface area contributed by atoms with Crippen LogP contribution in [-0.2, 0) is 11.8 Å². The van der Waals surface area contributed by atoms with Crippen molar-refractivity contribution in [3.8, 4) is 0 Å². The number of amides is 1. The molecule has 3 rings (SSSR count). The number of Topliss-reactive ketones (excluding diaryl/α,β-unsaturated/α-hetero) is 1. The number of hydrogen-bond acceptors (Lipinski definition) is 4. The lowest BCUT2D eigenvalue weighted by atomic mass is 9.78. The molecule has 144 valence electrons. The zero-order valence-electron chi connectivity index (χ0n) is 16.9. The number of fused-ring (bicyclic) bond motifs is 1. The average Bonchev–Trinajstić information content (AvgIpc) is 2.97. The predicted molar refractivity (Wildman–Crippen MR) is 110 cm³/mol. The molecule has 1 aromatic heterocycles. The van der Waals surface area contributed by atoms with Crippen molar-refractivity contribution in [1.82, 2.24) is 9.55 Å². The summed E-state index contributed by atoms with van der Waals surface area (Å²) in [5.41, 5.74) is 3.37. The number of thioether (sulfide) groups is 1. The Hall–Kier alpha value is -2.08. The Morgan fingerprint density at radius 2 is 2.04 bits per heavy atom. The van der Waals surface area contributed by atoms with Gasteiger partial charge in [-0.1, -0.05) is 24.8 Å². The number of benzene rings is 1. The molecular weight excluding hydrogens is 358 g/mol. The molecule has 0 N–H and O–H groups in total. The van der Waals surface area contributed by atoms with E-state index < -0.39 is 0 Å². The number of carbonyl (C=O) groups excluding carboxylic acids is 2. The van der Waals surface area contributed by atoms with Crippen molar-refractivity contribution < 1.29 is 9.59 Å². The summed E-state index contributed by atoms with van der Waals surface area (Å²) in [5.74, 6) is 0.715. The number of anilines is 1. The highest BCUT2D eigenvalue weighted by Gasteiger charge is 2.40. The second-order valence-corrected chi connectivity index (χ2v) is 8.98. The van der Waals surface area contributed by atoms with Gasteiger partial charge in [-0.2, -0.15) is 0 Å². The molecule has 1 amide bonds. The van der Waals surface area contributed by atoms with Gasteiger partial charge >= 0.3 is 0 Å². The molecule has 1 unspecified atom stereocenters. The monoisotopic (exact) mass is 385 g/mol. The lowest BCUT2D eigenvalue weighted by Crippen LogP contribution is -2.52. The Labute approximate surface area is 165 Å². The first-order valence-electron chi connectivity index (χ1n) is 9.20. The molecule has 0 radical (unpaired) electrons. The van der Waals surface area contributed by atoms with Gasteiger partial charge in [0.2, 0.25) is 5.91 Å². The van der Waals surface area contributed by atoms with Crippen molar-refractivity contribution in [3.05, 3.63) is 41.2 Å². The van der Waals surface area contributed by atoms with E-state index in [4.69, 9.17) is 0 Å². The molecule has 5 nitrogen and oxygen atoms in total. The maximum absolute atomic E-state index is 13.2. The van der Waals surface area contributed by atoms with Crippen LogP contribution in [-0.4, -0.2) is 32.5 Å². The zero-order valence-corrected chi connectivity index (χ0v) is 17.7. The summed E-state index contributed by atoms with van der Waals surface area (Å²) in [6, 6.07) is 3.99. The lowest BCUT2D eigenvalue weighted by molar-refractivity contribution is -0.117. The summed E-state index contributed by atoms with van der Waals surface area (Å²) >= 11 is 1.44. The second kappa shape index (κ2) is 7.15. The number of ketones is 1. The van der Waals surface area contributed by atoms with Gasteiger partial charge in [0.25, 0.3) is 0 Å². The Balaban J connectivity index is 1.99. The van der Waals surface area contributed by atoms with E-state index in [1.54, 1.807) is 13.1 Å². The molecule has 0 fully saturated rings. The number of aryl methyl sites for hydroxylation is 2. The van der Waals surface area contributed by atoms with Crippen LogP contribution in [0.25, 0.3) is 0 Å². The van der Waals surface area contributed by atoms with Crippen LogP contribution in [0.3, 0.4) is 0 Å².